The summed E-state index contributed by atoms with van der Waals surface area (Å²) < 4.78 is 0. The average Bonchev–Trinajstić information content (AvgIpc) is 2.66. The molecule has 0 spiro atoms. The predicted molar refractivity (Wildman–Crippen MR) is 76.0 cm³/mol. The fourth-order valence-electron chi connectivity index (χ4n) is 3.95. The highest BCUT2D eigenvalue weighted by Crippen LogP contribution is 2.27. The molecule has 0 aromatic rings. The van der Waals surface area contributed by atoms with E-state index in [4.69, 9.17) is 0 Å². The van der Waals surface area contributed by atoms with Gasteiger partial charge in [0.1, 0.15) is 0 Å². The van der Waals surface area contributed by atoms with Gasteiger partial charge >= 0.3 is 0 Å². The molecule has 3 atom stereocenters. The van der Waals surface area contributed by atoms with Gasteiger partial charge in [0.25, 0.3) is 0 Å². The molecule has 3 aliphatic heterocycles. The topological polar surface area (TPSA) is 44.4 Å². The summed E-state index contributed by atoms with van der Waals surface area (Å²) in [6.45, 7) is 3.41. The molecule has 4 heteroatoms. The maximum absolute atomic E-state index is 12.4. The minimum atomic E-state index is 0.0557. The summed E-state index contributed by atoms with van der Waals surface area (Å²) >= 11 is 0. The lowest BCUT2D eigenvalue weighted by Gasteiger charge is -2.33. The van der Waals surface area contributed by atoms with Crippen molar-refractivity contribution >= 4 is 5.91 Å². The van der Waals surface area contributed by atoms with Crippen molar-refractivity contribution in [2.45, 2.75) is 69.5 Å². The van der Waals surface area contributed by atoms with Gasteiger partial charge in [0.15, 0.2) is 0 Å². The molecule has 19 heavy (non-hydrogen) atoms. The summed E-state index contributed by atoms with van der Waals surface area (Å²) in [6.07, 6.45) is 9.74. The van der Waals surface area contributed by atoms with Crippen molar-refractivity contribution in [1.29, 1.82) is 0 Å². The molecule has 0 bridgehead atoms. The molecule has 4 nitrogen and oxygen atoms in total. The highest BCUT2D eigenvalue weighted by Gasteiger charge is 2.37. The molecule has 0 saturated carbocycles. The number of nitrogens with one attached hydrogen (secondary N) is 2. The lowest BCUT2D eigenvalue weighted by molar-refractivity contribution is -0.124. The molecule has 3 fully saturated rings. The van der Waals surface area contributed by atoms with Gasteiger partial charge in [-0.3, -0.25) is 9.69 Å². The Kier molecular flexibility index (Phi) is 4.38. The second-order valence-electron chi connectivity index (χ2n) is 6.36. The van der Waals surface area contributed by atoms with E-state index in [0.29, 0.717) is 12.1 Å². The molecule has 0 radical (unpaired) electrons. The van der Waals surface area contributed by atoms with Crippen LogP contribution in [0.5, 0.6) is 0 Å². The van der Waals surface area contributed by atoms with Gasteiger partial charge < -0.3 is 10.6 Å². The second-order valence-corrected chi connectivity index (χ2v) is 6.36. The highest BCUT2D eigenvalue weighted by molar-refractivity contribution is 5.82. The zero-order valence-electron chi connectivity index (χ0n) is 11.9. The number of piperidine rings is 1. The Hall–Kier alpha value is -0.610. The largest absolute Gasteiger partial charge is 0.350 e. The summed E-state index contributed by atoms with van der Waals surface area (Å²) in [4.78, 5) is 15.0. The van der Waals surface area contributed by atoms with E-state index >= 15 is 0 Å². The summed E-state index contributed by atoms with van der Waals surface area (Å²) in [5.74, 6) is 0.249. The monoisotopic (exact) mass is 265 g/mol. The van der Waals surface area contributed by atoms with E-state index in [1.165, 1.54) is 51.6 Å². The standard InChI is InChI=1S/C15H27N3O/c19-15(13-6-2-1-4-9-16-13)17-12-8-11-18-10-5-3-7-14(12)18/h12-14,16H,1-11H2,(H,17,19). The van der Waals surface area contributed by atoms with Crippen LogP contribution >= 0.6 is 0 Å². The molecule has 3 unspecified atom stereocenters. The van der Waals surface area contributed by atoms with E-state index in [0.717, 1.165) is 19.4 Å². The zero-order valence-corrected chi connectivity index (χ0v) is 11.9. The second kappa shape index (κ2) is 6.23. The smallest absolute Gasteiger partial charge is 0.237 e. The van der Waals surface area contributed by atoms with E-state index in [-0.39, 0.29) is 11.9 Å². The van der Waals surface area contributed by atoms with Crippen LogP contribution in [-0.4, -0.2) is 48.6 Å². The van der Waals surface area contributed by atoms with Crippen LogP contribution in [0.25, 0.3) is 0 Å². The number of amides is 1. The van der Waals surface area contributed by atoms with Crippen LogP contribution in [0.4, 0.5) is 0 Å². The quantitative estimate of drug-likeness (QED) is 0.790. The van der Waals surface area contributed by atoms with Crippen molar-refractivity contribution in [1.82, 2.24) is 15.5 Å². The van der Waals surface area contributed by atoms with E-state index < -0.39 is 0 Å². The van der Waals surface area contributed by atoms with Crippen LogP contribution in [0, 0.1) is 0 Å². The van der Waals surface area contributed by atoms with Gasteiger partial charge in [-0.15, -0.1) is 0 Å². The van der Waals surface area contributed by atoms with Crippen molar-refractivity contribution in [3.8, 4) is 0 Å². The van der Waals surface area contributed by atoms with Gasteiger partial charge in [0, 0.05) is 18.6 Å². The van der Waals surface area contributed by atoms with Crippen molar-refractivity contribution in [2.24, 2.45) is 0 Å². The van der Waals surface area contributed by atoms with Gasteiger partial charge in [-0.1, -0.05) is 19.3 Å². The third-order valence-corrected chi connectivity index (χ3v) is 5.06. The molecule has 108 valence electrons. The van der Waals surface area contributed by atoms with E-state index in [9.17, 15) is 4.79 Å². The Morgan fingerprint density at radius 3 is 2.84 bits per heavy atom. The maximum Gasteiger partial charge on any atom is 0.237 e. The van der Waals surface area contributed by atoms with Crippen molar-refractivity contribution in [2.75, 3.05) is 19.6 Å². The van der Waals surface area contributed by atoms with Crippen LogP contribution in [-0.2, 0) is 4.79 Å². The van der Waals surface area contributed by atoms with Crippen LogP contribution in [0.1, 0.15) is 51.4 Å². The SMILES string of the molecule is O=C(NC1CCN2CCCCC12)C1CCCCCN1. The fraction of sp³-hybridized carbons (Fsp3) is 0.933. The molecule has 3 heterocycles. The van der Waals surface area contributed by atoms with E-state index in [2.05, 4.69) is 15.5 Å². The molecular formula is C15H27N3O. The Labute approximate surface area is 116 Å². The molecule has 0 aromatic carbocycles. The van der Waals surface area contributed by atoms with Crippen molar-refractivity contribution in [3.63, 3.8) is 0 Å². The van der Waals surface area contributed by atoms with Gasteiger partial charge in [0.2, 0.25) is 5.91 Å². The van der Waals surface area contributed by atoms with Crippen LogP contribution < -0.4 is 10.6 Å². The third-order valence-electron chi connectivity index (χ3n) is 5.06. The van der Waals surface area contributed by atoms with Crippen LogP contribution in [0.2, 0.25) is 0 Å². The summed E-state index contributed by atoms with van der Waals surface area (Å²) in [6, 6.07) is 1.07. The molecule has 3 saturated heterocycles. The molecule has 0 aromatic heterocycles. The highest BCUT2D eigenvalue weighted by atomic mass is 16.2. The van der Waals surface area contributed by atoms with Gasteiger partial charge in [-0.2, -0.15) is 0 Å². The van der Waals surface area contributed by atoms with Crippen LogP contribution in [0.3, 0.4) is 0 Å². The van der Waals surface area contributed by atoms with Gasteiger partial charge in [-0.25, -0.2) is 0 Å². The fourth-order valence-corrected chi connectivity index (χ4v) is 3.95. The minimum Gasteiger partial charge on any atom is -0.350 e. The Balaban J connectivity index is 1.54. The number of nitrogens with zero attached hydrogens (tertiary/aromatic N) is 1. The number of carbonyl (C=O) groups is 1. The number of hydrogen-bond donors (Lipinski definition) is 2. The molecule has 2 N–H and O–H groups in total. The maximum atomic E-state index is 12.4. The molecule has 3 aliphatic rings. The van der Waals surface area contributed by atoms with Gasteiger partial charge in [0.05, 0.1) is 6.04 Å². The Morgan fingerprint density at radius 2 is 1.89 bits per heavy atom. The van der Waals surface area contributed by atoms with Gasteiger partial charge in [-0.05, 0) is 45.2 Å². The lowest BCUT2D eigenvalue weighted by atomic mass is 9.98. The first-order chi connectivity index (χ1) is 9.34. The van der Waals surface area contributed by atoms with E-state index in [1.54, 1.807) is 0 Å². The summed E-state index contributed by atoms with van der Waals surface area (Å²) in [7, 11) is 0. The van der Waals surface area contributed by atoms with Crippen LogP contribution in [0.15, 0.2) is 0 Å². The Morgan fingerprint density at radius 1 is 1.00 bits per heavy atom. The molecule has 0 aliphatic carbocycles. The average molecular weight is 265 g/mol. The van der Waals surface area contributed by atoms with Crippen molar-refractivity contribution < 1.29 is 4.79 Å². The number of rotatable bonds is 2. The lowest BCUT2D eigenvalue weighted by Crippen LogP contribution is -2.52. The third kappa shape index (κ3) is 3.11. The summed E-state index contributed by atoms with van der Waals surface area (Å²) in [5, 5.41) is 6.73. The predicted octanol–water partition coefficient (Wildman–Crippen LogP) is 1.26. The molecular weight excluding hydrogens is 238 g/mol. The Bertz CT molecular complexity index is 313. The number of fused-ring (bicyclic) bond motifs is 1. The van der Waals surface area contributed by atoms with Crippen molar-refractivity contribution in [3.05, 3.63) is 0 Å². The first kappa shape index (κ1) is 13.4. The number of carbonyl (C=O) groups excluding carboxylic acids is 1. The molecule has 3 rings (SSSR count). The number of hydrogen-bond acceptors (Lipinski definition) is 3. The first-order valence-electron chi connectivity index (χ1n) is 8.12. The van der Waals surface area contributed by atoms with E-state index in [1.807, 2.05) is 0 Å². The zero-order chi connectivity index (χ0) is 13.1. The normalized spacial score (nSPS) is 36.5. The minimum absolute atomic E-state index is 0.0557. The first-order valence-corrected chi connectivity index (χ1v) is 8.12. The summed E-state index contributed by atoms with van der Waals surface area (Å²) in [5.41, 5.74) is 0. The molecule has 1 amide bonds.